The van der Waals surface area contributed by atoms with Gasteiger partial charge in [-0.15, -0.1) is 0 Å². The predicted octanol–water partition coefficient (Wildman–Crippen LogP) is 0.185. The second kappa shape index (κ2) is 5.54. The van der Waals surface area contributed by atoms with Crippen LogP contribution in [-0.4, -0.2) is 50.4 Å². The topological polar surface area (TPSA) is 114 Å². The predicted molar refractivity (Wildman–Crippen MR) is 69.1 cm³/mol. The first kappa shape index (κ1) is 15.6. The van der Waals surface area contributed by atoms with E-state index in [0.29, 0.717) is 0 Å². The van der Waals surface area contributed by atoms with Gasteiger partial charge in [-0.05, 0) is 12.1 Å². The maximum atomic E-state index is 11.3. The Balaban J connectivity index is 2.38. The molecule has 0 aliphatic carbocycles. The monoisotopic (exact) mass is 342 g/mol. The summed E-state index contributed by atoms with van der Waals surface area (Å²) in [7, 11) is -3.16. The van der Waals surface area contributed by atoms with Crippen molar-refractivity contribution in [2.75, 3.05) is 19.7 Å². The van der Waals surface area contributed by atoms with Gasteiger partial charge in [0.1, 0.15) is 11.0 Å². The number of hydrogen-bond donors (Lipinski definition) is 1. The average molecular weight is 343 g/mol. The van der Waals surface area contributed by atoms with Crippen molar-refractivity contribution in [1.82, 2.24) is 9.29 Å². The van der Waals surface area contributed by atoms with Crippen LogP contribution < -0.4 is 0 Å². The molecule has 1 fully saturated rings. The van der Waals surface area contributed by atoms with E-state index < -0.39 is 30.4 Å². The zero-order chi connectivity index (χ0) is 15.0. The van der Waals surface area contributed by atoms with Gasteiger partial charge in [0.25, 0.3) is 19.4 Å². The largest absolute Gasteiger partial charge is 0.369 e. The molecule has 1 aromatic heterocycles. The zero-order valence-electron chi connectivity index (χ0n) is 10.0. The number of pyridine rings is 1. The smallest absolute Gasteiger partial charge is 0.299 e. The number of ether oxygens (including phenoxy) is 1. The number of morpholine rings is 1. The summed E-state index contributed by atoms with van der Waals surface area (Å²) in [6.07, 6.45) is 0.400. The molecule has 1 unspecified atom stereocenters. The minimum atomic E-state index is -4.48. The van der Waals surface area contributed by atoms with E-state index in [1.807, 2.05) is 0 Å². The number of rotatable bonds is 3. The van der Waals surface area contributed by atoms with Crippen molar-refractivity contribution in [1.29, 1.82) is 0 Å². The average Bonchev–Trinajstić information content (AvgIpc) is 2.37. The molecular formula is C9H11ClN2O6S2. The van der Waals surface area contributed by atoms with E-state index >= 15 is 0 Å². The molecule has 0 spiro atoms. The second-order valence-corrected chi connectivity index (χ2v) is 7.92. The van der Waals surface area contributed by atoms with Crippen LogP contribution in [0.5, 0.6) is 0 Å². The van der Waals surface area contributed by atoms with Crippen molar-refractivity contribution in [2.45, 2.75) is 11.0 Å². The lowest BCUT2D eigenvalue weighted by Gasteiger charge is -2.30. The minimum absolute atomic E-state index is 0.0398. The Morgan fingerprint density at radius 3 is 2.70 bits per heavy atom. The number of halogens is 1. The summed E-state index contributed by atoms with van der Waals surface area (Å²) < 4.78 is 60.6. The highest BCUT2D eigenvalue weighted by atomic mass is 35.7. The van der Waals surface area contributed by atoms with Gasteiger partial charge in [0.15, 0.2) is 0 Å². The molecule has 1 saturated heterocycles. The molecule has 0 bridgehead atoms. The summed E-state index contributed by atoms with van der Waals surface area (Å²) in [6, 6.07) is 2.50. The molecule has 0 amide bonds. The van der Waals surface area contributed by atoms with Crippen LogP contribution >= 0.6 is 10.7 Å². The van der Waals surface area contributed by atoms with Gasteiger partial charge in [0, 0.05) is 30.0 Å². The highest BCUT2D eigenvalue weighted by Crippen LogP contribution is 2.27. The summed E-state index contributed by atoms with van der Waals surface area (Å²) in [5.74, 6) is 0. The van der Waals surface area contributed by atoms with Crippen molar-refractivity contribution in [3.63, 3.8) is 0 Å². The molecule has 2 heterocycles. The van der Waals surface area contributed by atoms with Crippen LogP contribution in [0.15, 0.2) is 23.2 Å². The van der Waals surface area contributed by atoms with Crippen LogP contribution in [0.4, 0.5) is 0 Å². The molecule has 1 aliphatic rings. The van der Waals surface area contributed by atoms with Crippen LogP contribution in [0, 0.1) is 0 Å². The van der Waals surface area contributed by atoms with E-state index in [1.54, 1.807) is 0 Å². The van der Waals surface area contributed by atoms with Crippen molar-refractivity contribution in [3.8, 4) is 0 Å². The third-order valence-corrected chi connectivity index (χ3v) is 5.16. The van der Waals surface area contributed by atoms with E-state index in [1.165, 1.54) is 12.3 Å². The SMILES string of the molecule is O=S(=O)(O)c1cccnc1C1CN(S(=O)(=O)Cl)CCO1. The quantitative estimate of drug-likeness (QED) is 0.615. The fraction of sp³-hybridized carbons (Fsp3) is 0.444. The van der Waals surface area contributed by atoms with Crippen molar-refractivity contribution < 1.29 is 26.1 Å². The van der Waals surface area contributed by atoms with E-state index in [9.17, 15) is 16.8 Å². The molecule has 0 aromatic carbocycles. The Bertz CT molecular complexity index is 705. The molecule has 112 valence electrons. The van der Waals surface area contributed by atoms with Gasteiger partial charge in [-0.2, -0.15) is 21.1 Å². The Kier molecular flexibility index (Phi) is 4.33. The lowest BCUT2D eigenvalue weighted by molar-refractivity contribution is -0.00600. The minimum Gasteiger partial charge on any atom is -0.369 e. The van der Waals surface area contributed by atoms with Crippen LogP contribution in [0.1, 0.15) is 11.8 Å². The Morgan fingerprint density at radius 1 is 1.40 bits per heavy atom. The van der Waals surface area contributed by atoms with E-state index in [2.05, 4.69) is 4.98 Å². The van der Waals surface area contributed by atoms with Gasteiger partial charge in [-0.25, -0.2) is 0 Å². The molecule has 1 atom stereocenters. The van der Waals surface area contributed by atoms with Crippen LogP contribution in [0.25, 0.3) is 0 Å². The molecule has 8 nitrogen and oxygen atoms in total. The van der Waals surface area contributed by atoms with E-state index in [0.717, 1.165) is 10.4 Å². The van der Waals surface area contributed by atoms with Gasteiger partial charge < -0.3 is 4.74 Å². The van der Waals surface area contributed by atoms with Crippen LogP contribution in [0.2, 0.25) is 0 Å². The molecule has 11 heteroatoms. The standard InChI is InChI=1S/C9H11ClN2O6S2/c10-20(16,17)12-4-5-18-7(6-12)9-8(19(13,14)15)2-1-3-11-9/h1-3,7H,4-6H2,(H,13,14,15). The molecule has 2 rings (SSSR count). The lowest BCUT2D eigenvalue weighted by Crippen LogP contribution is -2.40. The fourth-order valence-electron chi connectivity index (χ4n) is 1.85. The maximum absolute atomic E-state index is 11.3. The number of aromatic nitrogens is 1. The lowest BCUT2D eigenvalue weighted by atomic mass is 10.2. The normalized spacial score (nSPS) is 21.8. The molecule has 1 aromatic rings. The fourth-order valence-corrected chi connectivity index (χ4v) is 3.53. The van der Waals surface area contributed by atoms with Gasteiger partial charge in [0.2, 0.25) is 0 Å². The molecule has 1 aliphatic heterocycles. The van der Waals surface area contributed by atoms with Crippen molar-refractivity contribution in [2.24, 2.45) is 0 Å². The van der Waals surface area contributed by atoms with E-state index in [-0.39, 0.29) is 25.4 Å². The molecule has 0 saturated carbocycles. The first-order valence-corrected chi connectivity index (χ1v) is 9.14. The zero-order valence-corrected chi connectivity index (χ0v) is 12.4. The van der Waals surface area contributed by atoms with Crippen molar-refractivity contribution >= 4 is 30.0 Å². The van der Waals surface area contributed by atoms with Gasteiger partial charge in [-0.3, -0.25) is 9.54 Å². The third-order valence-electron chi connectivity index (χ3n) is 2.72. The summed E-state index contributed by atoms with van der Waals surface area (Å²) in [4.78, 5) is 3.44. The summed E-state index contributed by atoms with van der Waals surface area (Å²) >= 11 is 0. The Morgan fingerprint density at radius 2 is 2.10 bits per heavy atom. The van der Waals surface area contributed by atoms with Crippen molar-refractivity contribution in [3.05, 3.63) is 24.0 Å². The molecule has 0 radical (unpaired) electrons. The summed E-state index contributed by atoms with van der Waals surface area (Å²) in [6.45, 7) is -0.0696. The Labute approximate surface area is 120 Å². The maximum Gasteiger partial charge on any atom is 0.299 e. The molecule has 1 N–H and O–H groups in total. The first-order valence-electron chi connectivity index (χ1n) is 5.43. The van der Waals surface area contributed by atoms with Crippen LogP contribution in [-0.2, 0) is 24.1 Å². The van der Waals surface area contributed by atoms with Gasteiger partial charge >= 0.3 is 0 Å². The third kappa shape index (κ3) is 3.45. The Hall–Kier alpha value is -0.780. The highest BCUT2D eigenvalue weighted by molar-refractivity contribution is 8.11. The second-order valence-electron chi connectivity index (χ2n) is 4.02. The summed E-state index contributed by atoms with van der Waals surface area (Å²) in [5, 5.41) is 0. The van der Waals surface area contributed by atoms with Crippen LogP contribution in [0.3, 0.4) is 0 Å². The van der Waals surface area contributed by atoms with Gasteiger partial charge in [0.05, 0.1) is 12.3 Å². The summed E-state index contributed by atoms with van der Waals surface area (Å²) in [5.41, 5.74) is -0.0555. The highest BCUT2D eigenvalue weighted by Gasteiger charge is 2.32. The number of nitrogens with zero attached hydrogens (tertiary/aromatic N) is 2. The first-order chi connectivity index (χ1) is 9.19. The van der Waals surface area contributed by atoms with Gasteiger partial charge in [-0.1, -0.05) is 0 Å². The van der Waals surface area contributed by atoms with E-state index in [4.69, 9.17) is 20.0 Å². The molecule has 20 heavy (non-hydrogen) atoms. The number of hydrogen-bond acceptors (Lipinski definition) is 6. The molecular weight excluding hydrogens is 332 g/mol.